The van der Waals surface area contributed by atoms with Crippen LogP contribution < -0.4 is 4.74 Å². The van der Waals surface area contributed by atoms with Gasteiger partial charge in [-0.25, -0.2) is 0 Å². The fourth-order valence-electron chi connectivity index (χ4n) is 1.88. The molecule has 0 saturated carbocycles. The number of aliphatic hydroxyl groups excluding tert-OH is 1. The topological polar surface area (TPSA) is 70.0 Å². The van der Waals surface area contributed by atoms with Crippen LogP contribution >= 0.6 is 0 Å². The molecule has 112 valence electrons. The summed E-state index contributed by atoms with van der Waals surface area (Å²) in [5.74, 6) is 0.0175. The van der Waals surface area contributed by atoms with Crippen molar-refractivity contribution in [2.45, 2.75) is 19.8 Å². The Kier molecular flexibility index (Phi) is 7.69. The van der Waals surface area contributed by atoms with Crippen LogP contribution in [-0.2, 0) is 4.79 Å². The molecular weight excluding hydrogens is 258 g/mol. The molecule has 20 heavy (non-hydrogen) atoms. The molecule has 1 rings (SSSR count). The fourth-order valence-corrected chi connectivity index (χ4v) is 1.88. The number of carboxylic acids is 1. The van der Waals surface area contributed by atoms with Gasteiger partial charge in [-0.3, -0.25) is 9.69 Å². The Bertz CT molecular complexity index is 409. The highest BCUT2D eigenvalue weighted by Gasteiger charge is 2.07. The molecule has 0 spiro atoms. The fraction of sp³-hybridized carbons (Fsp3) is 0.533. The number of carbonyl (C=O) groups is 1. The van der Waals surface area contributed by atoms with Crippen molar-refractivity contribution in [2.75, 3.05) is 32.8 Å². The number of nitrogens with zero attached hydrogens (tertiary/aromatic N) is 1. The molecule has 0 aliphatic carbocycles. The minimum atomic E-state index is -0.807. The lowest BCUT2D eigenvalue weighted by Gasteiger charge is -2.21. The monoisotopic (exact) mass is 281 g/mol. The first-order chi connectivity index (χ1) is 9.61. The third-order valence-corrected chi connectivity index (χ3v) is 2.94. The van der Waals surface area contributed by atoms with Gasteiger partial charge in [0.05, 0.1) is 6.42 Å². The SMILES string of the molecule is Cc1cccc(OCCN(CCCO)CCC(=O)O)c1. The van der Waals surface area contributed by atoms with Gasteiger partial charge in [-0.15, -0.1) is 0 Å². The van der Waals surface area contributed by atoms with Gasteiger partial charge in [0.1, 0.15) is 12.4 Å². The van der Waals surface area contributed by atoms with Gasteiger partial charge in [0.2, 0.25) is 0 Å². The molecule has 5 heteroatoms. The van der Waals surface area contributed by atoms with Crippen molar-refractivity contribution in [3.05, 3.63) is 29.8 Å². The Morgan fingerprint density at radius 2 is 2.10 bits per heavy atom. The summed E-state index contributed by atoms with van der Waals surface area (Å²) in [5, 5.41) is 17.6. The standard InChI is InChI=1S/C15H23NO4/c1-13-4-2-5-14(12-13)20-11-9-16(7-3-10-17)8-6-15(18)19/h2,4-5,12,17H,3,6-11H2,1H3,(H,18,19). The third kappa shape index (κ3) is 7.11. The normalized spacial score (nSPS) is 10.8. The van der Waals surface area contributed by atoms with Crippen LogP contribution in [-0.4, -0.2) is 53.9 Å². The largest absolute Gasteiger partial charge is 0.492 e. The summed E-state index contributed by atoms with van der Waals surface area (Å²) in [6.45, 7) is 4.44. The van der Waals surface area contributed by atoms with E-state index in [2.05, 4.69) is 0 Å². The van der Waals surface area contributed by atoms with E-state index in [-0.39, 0.29) is 13.0 Å². The minimum Gasteiger partial charge on any atom is -0.492 e. The van der Waals surface area contributed by atoms with Crippen LogP contribution in [0.5, 0.6) is 5.75 Å². The number of aryl methyl sites for hydroxylation is 1. The first-order valence-electron chi connectivity index (χ1n) is 6.86. The quantitative estimate of drug-likeness (QED) is 0.680. The zero-order chi connectivity index (χ0) is 14.8. The zero-order valence-corrected chi connectivity index (χ0v) is 11.9. The second-order valence-electron chi connectivity index (χ2n) is 4.73. The lowest BCUT2D eigenvalue weighted by Crippen LogP contribution is -2.32. The smallest absolute Gasteiger partial charge is 0.304 e. The highest BCUT2D eigenvalue weighted by molar-refractivity contribution is 5.66. The average molecular weight is 281 g/mol. The first kappa shape index (κ1) is 16.5. The van der Waals surface area contributed by atoms with Crippen LogP contribution in [0.2, 0.25) is 0 Å². The third-order valence-electron chi connectivity index (χ3n) is 2.94. The average Bonchev–Trinajstić information content (AvgIpc) is 2.41. The highest BCUT2D eigenvalue weighted by atomic mass is 16.5. The Balaban J connectivity index is 2.34. The number of hydrogen-bond acceptors (Lipinski definition) is 4. The molecular formula is C15H23NO4. The van der Waals surface area contributed by atoms with E-state index in [0.29, 0.717) is 32.7 Å². The second-order valence-corrected chi connectivity index (χ2v) is 4.73. The molecule has 0 heterocycles. The molecule has 2 N–H and O–H groups in total. The number of benzene rings is 1. The molecule has 0 bridgehead atoms. The molecule has 0 radical (unpaired) electrons. The van der Waals surface area contributed by atoms with Crippen molar-refractivity contribution in [1.82, 2.24) is 4.90 Å². The second kappa shape index (κ2) is 9.34. The maximum absolute atomic E-state index is 10.6. The van der Waals surface area contributed by atoms with Crippen LogP contribution in [0.15, 0.2) is 24.3 Å². The van der Waals surface area contributed by atoms with E-state index in [4.69, 9.17) is 14.9 Å². The maximum Gasteiger partial charge on any atom is 0.304 e. The van der Waals surface area contributed by atoms with Gasteiger partial charge in [-0.05, 0) is 31.0 Å². The zero-order valence-electron chi connectivity index (χ0n) is 11.9. The predicted octanol–water partition coefficient (Wildman–Crippen LogP) is 1.53. The van der Waals surface area contributed by atoms with Gasteiger partial charge < -0.3 is 14.9 Å². The molecule has 0 fully saturated rings. The van der Waals surface area contributed by atoms with Gasteiger partial charge >= 0.3 is 5.97 Å². The lowest BCUT2D eigenvalue weighted by molar-refractivity contribution is -0.137. The first-order valence-corrected chi connectivity index (χ1v) is 6.86. The maximum atomic E-state index is 10.6. The van der Waals surface area contributed by atoms with Gasteiger partial charge in [-0.2, -0.15) is 0 Å². The van der Waals surface area contributed by atoms with E-state index in [1.54, 1.807) is 0 Å². The van der Waals surface area contributed by atoms with E-state index in [0.717, 1.165) is 11.3 Å². The molecule has 1 aromatic carbocycles. The number of aliphatic carboxylic acids is 1. The summed E-state index contributed by atoms with van der Waals surface area (Å²) in [6, 6.07) is 7.82. The Morgan fingerprint density at radius 3 is 2.75 bits per heavy atom. The van der Waals surface area contributed by atoms with Crippen molar-refractivity contribution in [3.63, 3.8) is 0 Å². The molecule has 1 aromatic rings. The van der Waals surface area contributed by atoms with Crippen LogP contribution in [0.4, 0.5) is 0 Å². The molecule has 0 aliphatic heterocycles. The Hall–Kier alpha value is -1.59. The van der Waals surface area contributed by atoms with Crippen LogP contribution in [0.1, 0.15) is 18.4 Å². The summed E-state index contributed by atoms with van der Waals surface area (Å²) < 4.78 is 5.65. The van der Waals surface area contributed by atoms with Gasteiger partial charge in [0, 0.05) is 26.2 Å². The van der Waals surface area contributed by atoms with E-state index in [1.165, 1.54) is 0 Å². The van der Waals surface area contributed by atoms with E-state index in [1.807, 2.05) is 36.1 Å². The van der Waals surface area contributed by atoms with Crippen molar-refractivity contribution in [2.24, 2.45) is 0 Å². The van der Waals surface area contributed by atoms with Crippen molar-refractivity contribution in [3.8, 4) is 5.75 Å². The number of aliphatic hydroxyl groups is 1. The number of ether oxygens (including phenoxy) is 1. The summed E-state index contributed by atoms with van der Waals surface area (Å²) in [4.78, 5) is 12.6. The molecule has 0 atom stereocenters. The van der Waals surface area contributed by atoms with Gasteiger partial charge in [-0.1, -0.05) is 12.1 Å². The van der Waals surface area contributed by atoms with E-state index in [9.17, 15) is 4.79 Å². The molecule has 0 unspecified atom stereocenters. The molecule has 0 aromatic heterocycles. The van der Waals surface area contributed by atoms with E-state index < -0.39 is 5.97 Å². The summed E-state index contributed by atoms with van der Waals surface area (Å²) in [5.41, 5.74) is 1.14. The number of carboxylic acid groups (broad SMARTS) is 1. The number of hydrogen-bond donors (Lipinski definition) is 2. The Labute approximate surface area is 119 Å². The van der Waals surface area contributed by atoms with E-state index >= 15 is 0 Å². The van der Waals surface area contributed by atoms with Crippen molar-refractivity contribution < 1.29 is 19.7 Å². The summed E-state index contributed by atoms with van der Waals surface area (Å²) in [6.07, 6.45) is 0.750. The lowest BCUT2D eigenvalue weighted by atomic mass is 10.2. The summed E-state index contributed by atoms with van der Waals surface area (Å²) >= 11 is 0. The van der Waals surface area contributed by atoms with Crippen LogP contribution in [0.25, 0.3) is 0 Å². The van der Waals surface area contributed by atoms with Crippen molar-refractivity contribution >= 4 is 5.97 Å². The minimum absolute atomic E-state index is 0.107. The molecule has 0 amide bonds. The van der Waals surface area contributed by atoms with Crippen LogP contribution in [0.3, 0.4) is 0 Å². The molecule has 5 nitrogen and oxygen atoms in total. The van der Waals surface area contributed by atoms with Crippen LogP contribution in [0, 0.1) is 6.92 Å². The molecule has 0 aliphatic rings. The summed E-state index contributed by atoms with van der Waals surface area (Å²) in [7, 11) is 0. The Morgan fingerprint density at radius 1 is 1.30 bits per heavy atom. The molecule has 0 saturated heterocycles. The van der Waals surface area contributed by atoms with Gasteiger partial charge in [0.15, 0.2) is 0 Å². The highest BCUT2D eigenvalue weighted by Crippen LogP contribution is 2.12. The van der Waals surface area contributed by atoms with Crippen molar-refractivity contribution in [1.29, 1.82) is 0 Å². The van der Waals surface area contributed by atoms with Gasteiger partial charge in [0.25, 0.3) is 0 Å². The number of rotatable bonds is 10. The predicted molar refractivity (Wildman–Crippen MR) is 77.1 cm³/mol.